The molecule has 0 spiro atoms. The fourth-order valence-electron chi connectivity index (χ4n) is 3.06. The van der Waals surface area contributed by atoms with Crippen molar-refractivity contribution < 1.29 is 9.47 Å². The van der Waals surface area contributed by atoms with Gasteiger partial charge in [0, 0.05) is 44.8 Å². The Morgan fingerprint density at radius 3 is 2.77 bits per heavy atom. The minimum absolute atomic E-state index is 0.758. The lowest BCUT2D eigenvalue weighted by Gasteiger charge is -2.31. The highest BCUT2D eigenvalue weighted by molar-refractivity contribution is 7.80. The molecule has 2 rings (SSSR count). The first-order valence-corrected chi connectivity index (χ1v) is 10.1. The highest BCUT2D eigenvalue weighted by Crippen LogP contribution is 2.19. The lowest BCUT2D eigenvalue weighted by molar-refractivity contribution is 0.0357. The second-order valence-electron chi connectivity index (χ2n) is 6.63. The largest absolute Gasteiger partial charge is 0.496 e. The molecule has 1 saturated heterocycles. The Labute approximate surface area is 163 Å². The van der Waals surface area contributed by atoms with Crippen LogP contribution in [0.5, 0.6) is 5.75 Å². The summed E-state index contributed by atoms with van der Waals surface area (Å²) in [6.07, 6.45) is 3.61. The number of hydrogen-bond acceptors (Lipinski definition) is 4. The van der Waals surface area contributed by atoms with Crippen LogP contribution < -0.4 is 10.1 Å². The predicted molar refractivity (Wildman–Crippen MR) is 111 cm³/mol. The molecule has 0 aliphatic carbocycles. The standard InChI is InChI=1S/C20H33N3O2S/c1-3-4-7-10-21-20(26)23(12-11-22-13-15-25-16-14-22)17-18-8-5-6-9-19(18)24-2/h5-6,8-9H,3-4,7,10-17H2,1-2H3,(H,21,26). The molecule has 1 N–H and O–H groups in total. The van der Waals surface area contributed by atoms with Crippen LogP contribution >= 0.6 is 12.2 Å². The number of unbranched alkanes of at least 4 members (excludes halogenated alkanes) is 2. The lowest BCUT2D eigenvalue weighted by Crippen LogP contribution is -2.46. The first-order valence-electron chi connectivity index (χ1n) is 9.69. The van der Waals surface area contributed by atoms with Crippen molar-refractivity contribution in [1.29, 1.82) is 0 Å². The molecule has 0 radical (unpaired) electrons. The molecule has 0 atom stereocenters. The van der Waals surface area contributed by atoms with Crippen LogP contribution in [-0.4, -0.2) is 68.0 Å². The Morgan fingerprint density at radius 1 is 1.27 bits per heavy atom. The molecule has 5 nitrogen and oxygen atoms in total. The number of nitrogens with zero attached hydrogens (tertiary/aromatic N) is 2. The van der Waals surface area contributed by atoms with Gasteiger partial charge in [-0.3, -0.25) is 4.90 Å². The van der Waals surface area contributed by atoms with Crippen molar-refractivity contribution in [2.45, 2.75) is 32.7 Å². The molecule has 0 aromatic heterocycles. The Hall–Kier alpha value is -1.37. The SMILES string of the molecule is CCCCCNC(=S)N(CCN1CCOCC1)Cc1ccccc1OC. The number of thiocarbonyl (C=S) groups is 1. The van der Waals surface area contributed by atoms with Crippen molar-refractivity contribution in [2.24, 2.45) is 0 Å². The maximum Gasteiger partial charge on any atom is 0.169 e. The maximum absolute atomic E-state index is 5.70. The lowest BCUT2D eigenvalue weighted by atomic mass is 10.2. The van der Waals surface area contributed by atoms with E-state index in [2.05, 4.69) is 34.2 Å². The summed E-state index contributed by atoms with van der Waals surface area (Å²) in [5.41, 5.74) is 1.16. The van der Waals surface area contributed by atoms with Crippen LogP contribution in [-0.2, 0) is 11.3 Å². The normalized spacial score (nSPS) is 14.8. The first-order chi connectivity index (χ1) is 12.7. The summed E-state index contributed by atoms with van der Waals surface area (Å²) in [6.45, 7) is 9.46. The Kier molecular flexibility index (Phi) is 9.74. The van der Waals surface area contributed by atoms with E-state index in [1.165, 1.54) is 12.8 Å². The molecule has 0 saturated carbocycles. The Morgan fingerprint density at radius 2 is 2.04 bits per heavy atom. The third-order valence-electron chi connectivity index (χ3n) is 4.69. The van der Waals surface area contributed by atoms with E-state index >= 15 is 0 Å². The zero-order valence-corrected chi connectivity index (χ0v) is 17.0. The molecule has 1 fully saturated rings. The van der Waals surface area contributed by atoms with E-state index in [1.807, 2.05) is 12.1 Å². The van der Waals surface area contributed by atoms with Crippen molar-refractivity contribution >= 4 is 17.3 Å². The summed E-state index contributed by atoms with van der Waals surface area (Å²) in [6, 6.07) is 8.17. The topological polar surface area (TPSA) is 37.0 Å². The summed E-state index contributed by atoms with van der Waals surface area (Å²) in [5.74, 6) is 0.914. The molecule has 1 aliphatic heterocycles. The van der Waals surface area contributed by atoms with Gasteiger partial charge in [-0.1, -0.05) is 38.0 Å². The fraction of sp³-hybridized carbons (Fsp3) is 0.650. The number of ether oxygens (including phenoxy) is 2. The quantitative estimate of drug-likeness (QED) is 0.498. The molecule has 0 amide bonds. The van der Waals surface area contributed by atoms with Crippen molar-refractivity contribution in [2.75, 3.05) is 53.0 Å². The van der Waals surface area contributed by atoms with Crippen LogP contribution in [0, 0.1) is 0 Å². The number of methoxy groups -OCH3 is 1. The second kappa shape index (κ2) is 12.1. The zero-order chi connectivity index (χ0) is 18.6. The van der Waals surface area contributed by atoms with Crippen LogP contribution in [0.15, 0.2) is 24.3 Å². The Balaban J connectivity index is 1.95. The van der Waals surface area contributed by atoms with Gasteiger partial charge in [-0.2, -0.15) is 0 Å². The summed E-state index contributed by atoms with van der Waals surface area (Å²) >= 11 is 5.70. The molecule has 6 heteroatoms. The van der Waals surface area contributed by atoms with E-state index < -0.39 is 0 Å². The summed E-state index contributed by atoms with van der Waals surface area (Å²) < 4.78 is 11.0. The van der Waals surface area contributed by atoms with E-state index in [1.54, 1.807) is 7.11 Å². The number of rotatable bonds is 10. The highest BCUT2D eigenvalue weighted by atomic mass is 32.1. The Bertz CT molecular complexity index is 536. The minimum Gasteiger partial charge on any atom is -0.496 e. The second-order valence-corrected chi connectivity index (χ2v) is 7.01. The molecule has 1 heterocycles. The zero-order valence-electron chi connectivity index (χ0n) is 16.2. The molecule has 1 aromatic carbocycles. The summed E-state index contributed by atoms with van der Waals surface area (Å²) in [4.78, 5) is 4.70. The van der Waals surface area contributed by atoms with Crippen LogP contribution in [0.1, 0.15) is 31.7 Å². The van der Waals surface area contributed by atoms with Crippen molar-refractivity contribution in [1.82, 2.24) is 15.1 Å². The van der Waals surface area contributed by atoms with E-state index in [0.717, 1.165) is 75.3 Å². The van der Waals surface area contributed by atoms with Crippen molar-refractivity contribution in [3.63, 3.8) is 0 Å². The van der Waals surface area contributed by atoms with Crippen LogP contribution in [0.4, 0.5) is 0 Å². The highest BCUT2D eigenvalue weighted by Gasteiger charge is 2.16. The number of nitrogens with one attached hydrogen (secondary N) is 1. The smallest absolute Gasteiger partial charge is 0.169 e. The van der Waals surface area contributed by atoms with Crippen LogP contribution in [0.2, 0.25) is 0 Å². The molecule has 0 bridgehead atoms. The molecule has 0 unspecified atom stereocenters. The van der Waals surface area contributed by atoms with Gasteiger partial charge < -0.3 is 19.7 Å². The number of morpholine rings is 1. The predicted octanol–water partition coefficient (Wildman–Crippen LogP) is 2.89. The van der Waals surface area contributed by atoms with E-state index in [-0.39, 0.29) is 0 Å². The van der Waals surface area contributed by atoms with Crippen LogP contribution in [0.3, 0.4) is 0 Å². The maximum atomic E-state index is 5.70. The van der Waals surface area contributed by atoms with Gasteiger partial charge in [0.15, 0.2) is 5.11 Å². The van der Waals surface area contributed by atoms with Gasteiger partial charge in [-0.15, -0.1) is 0 Å². The monoisotopic (exact) mass is 379 g/mol. The molecule has 1 aromatic rings. The van der Waals surface area contributed by atoms with Crippen molar-refractivity contribution in [3.8, 4) is 5.75 Å². The average molecular weight is 380 g/mol. The van der Waals surface area contributed by atoms with Gasteiger partial charge in [-0.25, -0.2) is 0 Å². The minimum atomic E-state index is 0.758. The third-order valence-corrected chi connectivity index (χ3v) is 5.09. The van der Waals surface area contributed by atoms with E-state index in [0.29, 0.717) is 0 Å². The fourth-order valence-corrected chi connectivity index (χ4v) is 3.32. The summed E-state index contributed by atoms with van der Waals surface area (Å²) in [7, 11) is 1.72. The number of hydrogen-bond donors (Lipinski definition) is 1. The van der Waals surface area contributed by atoms with Crippen molar-refractivity contribution in [3.05, 3.63) is 29.8 Å². The van der Waals surface area contributed by atoms with E-state index in [4.69, 9.17) is 21.7 Å². The number of para-hydroxylation sites is 1. The molecular weight excluding hydrogens is 346 g/mol. The van der Waals surface area contributed by atoms with Gasteiger partial charge in [0.05, 0.1) is 20.3 Å². The van der Waals surface area contributed by atoms with Gasteiger partial charge >= 0.3 is 0 Å². The first kappa shape index (κ1) is 20.9. The molecule has 1 aliphatic rings. The number of benzene rings is 1. The molecular formula is C20H33N3O2S. The molecule has 146 valence electrons. The van der Waals surface area contributed by atoms with Gasteiger partial charge in [0.1, 0.15) is 5.75 Å². The average Bonchev–Trinajstić information content (AvgIpc) is 2.69. The third kappa shape index (κ3) is 7.09. The van der Waals surface area contributed by atoms with Gasteiger partial charge in [0.2, 0.25) is 0 Å². The van der Waals surface area contributed by atoms with Gasteiger partial charge in [0.25, 0.3) is 0 Å². The molecule has 26 heavy (non-hydrogen) atoms. The van der Waals surface area contributed by atoms with Crippen LogP contribution in [0.25, 0.3) is 0 Å². The summed E-state index contributed by atoms with van der Waals surface area (Å²) in [5, 5.41) is 4.27. The van der Waals surface area contributed by atoms with Gasteiger partial charge in [-0.05, 0) is 24.7 Å². The van der Waals surface area contributed by atoms with E-state index in [9.17, 15) is 0 Å².